The summed E-state index contributed by atoms with van der Waals surface area (Å²) in [5.74, 6) is 1.59. The van der Waals surface area contributed by atoms with Crippen LogP contribution in [0.25, 0.3) is 0 Å². The molecule has 0 fully saturated rings. The number of hydrogen-bond acceptors (Lipinski definition) is 7. The molecule has 0 atom stereocenters. The van der Waals surface area contributed by atoms with E-state index in [-0.39, 0.29) is 6.61 Å². The zero-order chi connectivity index (χ0) is 14.9. The van der Waals surface area contributed by atoms with E-state index in [2.05, 4.69) is 10.1 Å². The van der Waals surface area contributed by atoms with E-state index in [1.807, 2.05) is 12.1 Å². The Morgan fingerprint density at radius 3 is 2.86 bits per heavy atom. The summed E-state index contributed by atoms with van der Waals surface area (Å²) in [5.41, 5.74) is 6.35. The first kappa shape index (κ1) is 15.3. The molecule has 0 saturated carbocycles. The predicted octanol–water partition coefficient (Wildman–Crippen LogP) is 1.44. The summed E-state index contributed by atoms with van der Waals surface area (Å²) in [6, 6.07) is 7.25. The second-order valence-electron chi connectivity index (χ2n) is 4.29. The SMILES string of the molecule is COCCOCCc1noc(COc2ccccc2N)n1. The third-order valence-corrected chi connectivity index (χ3v) is 2.68. The van der Waals surface area contributed by atoms with E-state index >= 15 is 0 Å². The Hall–Kier alpha value is -2.12. The van der Waals surface area contributed by atoms with Crippen LogP contribution in [-0.2, 0) is 22.5 Å². The lowest BCUT2D eigenvalue weighted by Gasteiger charge is -2.05. The first-order valence-electron chi connectivity index (χ1n) is 6.65. The Kier molecular flexibility index (Phi) is 5.99. The van der Waals surface area contributed by atoms with Crippen molar-refractivity contribution < 1.29 is 18.7 Å². The van der Waals surface area contributed by atoms with E-state index in [4.69, 9.17) is 24.5 Å². The van der Waals surface area contributed by atoms with Gasteiger partial charge in [0.2, 0.25) is 0 Å². The van der Waals surface area contributed by atoms with E-state index in [0.29, 0.717) is 49.4 Å². The molecular formula is C14H19N3O4. The largest absolute Gasteiger partial charge is 0.482 e. The standard InChI is InChI=1S/C14H19N3O4/c1-18-8-9-19-7-6-13-16-14(21-17-13)10-20-12-5-3-2-4-11(12)15/h2-5H,6-10,15H2,1H3. The van der Waals surface area contributed by atoms with E-state index in [0.717, 1.165) is 0 Å². The minimum atomic E-state index is 0.186. The maximum absolute atomic E-state index is 5.78. The van der Waals surface area contributed by atoms with Crippen molar-refractivity contribution in [2.45, 2.75) is 13.0 Å². The molecule has 0 radical (unpaired) electrons. The molecule has 1 aromatic heterocycles. The maximum Gasteiger partial charge on any atom is 0.264 e. The van der Waals surface area contributed by atoms with Crippen molar-refractivity contribution in [2.75, 3.05) is 32.7 Å². The molecule has 0 bridgehead atoms. The van der Waals surface area contributed by atoms with Crippen molar-refractivity contribution in [3.63, 3.8) is 0 Å². The van der Waals surface area contributed by atoms with Crippen molar-refractivity contribution in [3.8, 4) is 5.75 Å². The first-order valence-corrected chi connectivity index (χ1v) is 6.65. The van der Waals surface area contributed by atoms with Crippen LogP contribution in [0, 0.1) is 0 Å². The van der Waals surface area contributed by atoms with Crippen molar-refractivity contribution >= 4 is 5.69 Å². The molecule has 0 aliphatic rings. The lowest BCUT2D eigenvalue weighted by molar-refractivity contribution is 0.0714. The number of nitrogens with zero attached hydrogens (tertiary/aromatic N) is 2. The van der Waals surface area contributed by atoms with Crippen LogP contribution in [0.2, 0.25) is 0 Å². The van der Waals surface area contributed by atoms with Gasteiger partial charge in [-0.05, 0) is 12.1 Å². The van der Waals surface area contributed by atoms with Crippen LogP contribution in [0.15, 0.2) is 28.8 Å². The van der Waals surface area contributed by atoms with Crippen LogP contribution >= 0.6 is 0 Å². The Bertz CT molecular complexity index is 545. The number of benzene rings is 1. The highest BCUT2D eigenvalue weighted by Crippen LogP contribution is 2.20. The van der Waals surface area contributed by atoms with Crippen molar-refractivity contribution in [1.29, 1.82) is 0 Å². The third-order valence-electron chi connectivity index (χ3n) is 2.68. The first-order chi connectivity index (χ1) is 10.3. The number of aromatic nitrogens is 2. The lowest BCUT2D eigenvalue weighted by Crippen LogP contribution is -2.06. The van der Waals surface area contributed by atoms with Gasteiger partial charge in [-0.1, -0.05) is 17.3 Å². The maximum atomic E-state index is 5.78. The van der Waals surface area contributed by atoms with E-state index in [1.165, 1.54) is 0 Å². The highest BCUT2D eigenvalue weighted by atomic mass is 16.5. The zero-order valence-electron chi connectivity index (χ0n) is 11.9. The van der Waals surface area contributed by atoms with E-state index in [9.17, 15) is 0 Å². The second-order valence-corrected chi connectivity index (χ2v) is 4.29. The van der Waals surface area contributed by atoms with Gasteiger partial charge < -0.3 is 24.5 Å². The van der Waals surface area contributed by atoms with Crippen molar-refractivity contribution in [2.24, 2.45) is 0 Å². The van der Waals surface area contributed by atoms with Gasteiger partial charge in [0.1, 0.15) is 5.75 Å². The topological polar surface area (TPSA) is 92.6 Å². The van der Waals surface area contributed by atoms with Gasteiger partial charge in [-0.25, -0.2) is 0 Å². The Morgan fingerprint density at radius 1 is 1.19 bits per heavy atom. The molecule has 21 heavy (non-hydrogen) atoms. The Morgan fingerprint density at radius 2 is 2.05 bits per heavy atom. The van der Waals surface area contributed by atoms with Crippen LogP contribution in [0.1, 0.15) is 11.7 Å². The van der Waals surface area contributed by atoms with Crippen LogP contribution in [0.4, 0.5) is 5.69 Å². The number of para-hydroxylation sites is 2. The fraction of sp³-hybridized carbons (Fsp3) is 0.429. The zero-order valence-corrected chi connectivity index (χ0v) is 11.9. The number of anilines is 1. The van der Waals surface area contributed by atoms with Gasteiger partial charge in [-0.2, -0.15) is 4.98 Å². The lowest BCUT2D eigenvalue weighted by atomic mass is 10.3. The molecule has 2 aromatic rings. The van der Waals surface area contributed by atoms with E-state index < -0.39 is 0 Å². The van der Waals surface area contributed by atoms with Crippen molar-refractivity contribution in [1.82, 2.24) is 10.1 Å². The van der Waals surface area contributed by atoms with Gasteiger partial charge in [0.05, 0.1) is 25.5 Å². The van der Waals surface area contributed by atoms with Gasteiger partial charge in [-0.3, -0.25) is 0 Å². The van der Waals surface area contributed by atoms with Crippen LogP contribution in [0.3, 0.4) is 0 Å². The molecule has 0 aliphatic carbocycles. The molecule has 0 saturated heterocycles. The summed E-state index contributed by atoms with van der Waals surface area (Å²) in [6.45, 7) is 1.84. The molecule has 7 heteroatoms. The molecule has 2 N–H and O–H groups in total. The van der Waals surface area contributed by atoms with Gasteiger partial charge in [0, 0.05) is 13.5 Å². The summed E-state index contributed by atoms with van der Waals surface area (Å²) in [4.78, 5) is 4.22. The van der Waals surface area contributed by atoms with Gasteiger partial charge in [-0.15, -0.1) is 0 Å². The molecule has 0 unspecified atom stereocenters. The fourth-order valence-corrected chi connectivity index (χ4v) is 1.61. The molecule has 1 aromatic carbocycles. The van der Waals surface area contributed by atoms with Crippen LogP contribution in [0.5, 0.6) is 5.75 Å². The molecule has 0 amide bonds. The number of rotatable bonds is 9. The summed E-state index contributed by atoms with van der Waals surface area (Å²) >= 11 is 0. The molecule has 0 aliphatic heterocycles. The molecule has 114 valence electrons. The quantitative estimate of drug-likeness (QED) is 0.552. The van der Waals surface area contributed by atoms with Crippen LogP contribution in [-0.4, -0.2) is 37.1 Å². The smallest absolute Gasteiger partial charge is 0.264 e. The Labute approximate surface area is 123 Å². The van der Waals surface area contributed by atoms with Gasteiger partial charge in [0.15, 0.2) is 12.4 Å². The number of hydrogen-bond donors (Lipinski definition) is 1. The molecule has 2 rings (SSSR count). The number of nitrogens with two attached hydrogens (primary N) is 1. The van der Waals surface area contributed by atoms with Gasteiger partial charge in [0.25, 0.3) is 5.89 Å². The molecule has 7 nitrogen and oxygen atoms in total. The second kappa shape index (κ2) is 8.23. The molecular weight excluding hydrogens is 274 g/mol. The summed E-state index contributed by atoms with van der Waals surface area (Å²) < 4.78 is 20.8. The summed E-state index contributed by atoms with van der Waals surface area (Å²) in [7, 11) is 1.63. The van der Waals surface area contributed by atoms with Crippen molar-refractivity contribution in [3.05, 3.63) is 36.0 Å². The molecule has 0 spiro atoms. The average Bonchev–Trinajstić information content (AvgIpc) is 2.94. The van der Waals surface area contributed by atoms with Crippen LogP contribution < -0.4 is 10.5 Å². The summed E-state index contributed by atoms with van der Waals surface area (Å²) in [5, 5.41) is 3.86. The predicted molar refractivity (Wildman–Crippen MR) is 75.9 cm³/mol. The van der Waals surface area contributed by atoms with Gasteiger partial charge >= 0.3 is 0 Å². The monoisotopic (exact) mass is 293 g/mol. The number of ether oxygens (including phenoxy) is 3. The minimum Gasteiger partial charge on any atom is -0.482 e. The Balaban J connectivity index is 1.74. The summed E-state index contributed by atoms with van der Waals surface area (Å²) in [6.07, 6.45) is 0.584. The highest BCUT2D eigenvalue weighted by Gasteiger charge is 2.08. The number of nitrogen functional groups attached to an aromatic ring is 1. The third kappa shape index (κ3) is 5.05. The molecule has 1 heterocycles. The fourth-order valence-electron chi connectivity index (χ4n) is 1.61. The normalized spacial score (nSPS) is 10.7. The highest BCUT2D eigenvalue weighted by molar-refractivity contribution is 5.51. The van der Waals surface area contributed by atoms with E-state index in [1.54, 1.807) is 19.2 Å². The minimum absolute atomic E-state index is 0.186. The average molecular weight is 293 g/mol. The number of methoxy groups -OCH3 is 1.